The summed E-state index contributed by atoms with van der Waals surface area (Å²) in [6, 6.07) is 13.9. The van der Waals surface area contributed by atoms with Gasteiger partial charge in [-0.25, -0.2) is 4.79 Å². The first kappa shape index (κ1) is 22.1. The lowest BCUT2D eigenvalue weighted by Gasteiger charge is -2.13. The lowest BCUT2D eigenvalue weighted by molar-refractivity contribution is -0.124. The lowest BCUT2D eigenvalue weighted by atomic mass is 10.1. The van der Waals surface area contributed by atoms with Crippen molar-refractivity contribution in [3.8, 4) is 5.75 Å². The zero-order valence-electron chi connectivity index (χ0n) is 17.4. The molecule has 0 saturated heterocycles. The van der Waals surface area contributed by atoms with Gasteiger partial charge in [-0.05, 0) is 48.7 Å². The second kappa shape index (κ2) is 11.0. The van der Waals surface area contributed by atoms with E-state index in [1.807, 2.05) is 12.1 Å². The van der Waals surface area contributed by atoms with Crippen molar-refractivity contribution in [1.82, 2.24) is 5.32 Å². The van der Waals surface area contributed by atoms with E-state index in [-0.39, 0.29) is 24.1 Å². The fourth-order valence-corrected chi connectivity index (χ4v) is 3.38. The number of para-hydroxylation sites is 1. The van der Waals surface area contributed by atoms with Crippen LogP contribution in [-0.2, 0) is 14.3 Å². The minimum atomic E-state index is -0.670. The molecule has 2 amide bonds. The number of rotatable bonds is 8. The molecule has 0 unspecified atom stereocenters. The van der Waals surface area contributed by atoms with Gasteiger partial charge < -0.3 is 20.1 Å². The first-order chi connectivity index (χ1) is 15.0. The highest BCUT2D eigenvalue weighted by atomic mass is 16.5. The third-order valence-electron chi connectivity index (χ3n) is 5.00. The van der Waals surface area contributed by atoms with Gasteiger partial charge in [0.1, 0.15) is 5.75 Å². The van der Waals surface area contributed by atoms with Crippen LogP contribution in [0.4, 0.5) is 5.69 Å². The number of hydrogen-bond donors (Lipinski definition) is 2. The number of ether oxygens (including phenoxy) is 2. The number of carbonyl (C=O) groups is 3. The largest absolute Gasteiger partial charge is 0.497 e. The highest BCUT2D eigenvalue weighted by Gasteiger charge is 2.19. The summed E-state index contributed by atoms with van der Waals surface area (Å²) in [7, 11) is 1.59. The molecule has 2 aromatic rings. The molecule has 0 radical (unpaired) electrons. The number of esters is 1. The van der Waals surface area contributed by atoms with E-state index in [0.29, 0.717) is 5.69 Å². The van der Waals surface area contributed by atoms with Crippen LogP contribution in [0.25, 0.3) is 6.08 Å². The molecule has 1 fully saturated rings. The maximum Gasteiger partial charge on any atom is 0.340 e. The van der Waals surface area contributed by atoms with Crippen LogP contribution in [0.2, 0.25) is 0 Å². The molecular formula is C24H26N2O5. The molecule has 0 heterocycles. The van der Waals surface area contributed by atoms with Crippen LogP contribution in [0.3, 0.4) is 0 Å². The molecule has 7 nitrogen and oxygen atoms in total. The molecule has 162 valence electrons. The Hall–Kier alpha value is -3.61. The normalized spacial score (nSPS) is 13.7. The smallest absolute Gasteiger partial charge is 0.340 e. The Morgan fingerprint density at radius 1 is 1.03 bits per heavy atom. The van der Waals surface area contributed by atoms with Crippen molar-refractivity contribution in [3.05, 3.63) is 65.7 Å². The van der Waals surface area contributed by atoms with Crippen LogP contribution in [-0.4, -0.2) is 37.5 Å². The Bertz CT molecular complexity index is 947. The fourth-order valence-electron chi connectivity index (χ4n) is 3.38. The van der Waals surface area contributed by atoms with Crippen molar-refractivity contribution in [2.45, 2.75) is 31.7 Å². The third-order valence-corrected chi connectivity index (χ3v) is 5.00. The maximum absolute atomic E-state index is 12.4. The van der Waals surface area contributed by atoms with Crippen LogP contribution in [0.1, 0.15) is 41.6 Å². The quantitative estimate of drug-likeness (QED) is 0.501. The number of amides is 2. The predicted octanol–water partition coefficient (Wildman–Crippen LogP) is 3.56. The molecule has 0 aromatic heterocycles. The Kier molecular flexibility index (Phi) is 7.81. The molecule has 31 heavy (non-hydrogen) atoms. The van der Waals surface area contributed by atoms with E-state index < -0.39 is 11.9 Å². The highest BCUT2D eigenvalue weighted by molar-refractivity contribution is 6.06. The summed E-state index contributed by atoms with van der Waals surface area (Å²) in [6.07, 6.45) is 7.15. The molecular weight excluding hydrogens is 396 g/mol. The number of methoxy groups -OCH3 is 1. The summed E-state index contributed by atoms with van der Waals surface area (Å²) in [5.74, 6) is -0.651. The second-order valence-electron chi connectivity index (χ2n) is 7.27. The Morgan fingerprint density at radius 3 is 2.45 bits per heavy atom. The zero-order valence-corrected chi connectivity index (χ0v) is 17.4. The molecule has 7 heteroatoms. The van der Waals surface area contributed by atoms with Gasteiger partial charge in [0.2, 0.25) is 5.91 Å². The van der Waals surface area contributed by atoms with Crippen LogP contribution in [0, 0.1) is 0 Å². The van der Waals surface area contributed by atoms with Gasteiger partial charge in [0.05, 0.1) is 18.4 Å². The van der Waals surface area contributed by atoms with Gasteiger partial charge >= 0.3 is 5.97 Å². The first-order valence-electron chi connectivity index (χ1n) is 10.2. The lowest BCUT2D eigenvalue weighted by Crippen LogP contribution is -2.36. The van der Waals surface area contributed by atoms with Crippen molar-refractivity contribution in [3.63, 3.8) is 0 Å². The first-order valence-corrected chi connectivity index (χ1v) is 10.2. The third kappa shape index (κ3) is 6.70. The summed E-state index contributed by atoms with van der Waals surface area (Å²) < 4.78 is 10.2. The Balaban J connectivity index is 1.55. The topological polar surface area (TPSA) is 93.7 Å². The van der Waals surface area contributed by atoms with Gasteiger partial charge in [-0.1, -0.05) is 37.1 Å². The van der Waals surface area contributed by atoms with Gasteiger partial charge in [0.15, 0.2) is 6.61 Å². The standard InChI is InChI=1S/C24H26N2O5/c1-30-19-13-10-17(11-14-19)12-15-22(27)26-21-9-5-4-8-20(21)24(29)31-16-23(28)25-18-6-2-3-7-18/h4-5,8-15,18H,2-3,6-7,16H2,1H3,(H,25,28)(H,26,27)/b15-12+. The molecule has 0 spiro atoms. The van der Waals surface area contributed by atoms with E-state index in [1.54, 1.807) is 49.6 Å². The highest BCUT2D eigenvalue weighted by Crippen LogP contribution is 2.18. The van der Waals surface area contributed by atoms with Crippen LogP contribution in [0.5, 0.6) is 5.75 Å². The monoisotopic (exact) mass is 422 g/mol. The van der Waals surface area contributed by atoms with Crippen molar-refractivity contribution in [1.29, 1.82) is 0 Å². The number of nitrogens with one attached hydrogen (secondary N) is 2. The van der Waals surface area contributed by atoms with Crippen molar-refractivity contribution in [2.24, 2.45) is 0 Å². The summed E-state index contributed by atoms with van der Waals surface area (Å²) in [4.78, 5) is 36.7. The molecule has 3 rings (SSSR count). The molecule has 1 saturated carbocycles. The van der Waals surface area contributed by atoms with Crippen molar-refractivity contribution < 1.29 is 23.9 Å². The molecule has 1 aliphatic rings. The van der Waals surface area contributed by atoms with Crippen LogP contribution in [0.15, 0.2) is 54.6 Å². The average molecular weight is 422 g/mol. The minimum Gasteiger partial charge on any atom is -0.497 e. The van der Waals surface area contributed by atoms with Crippen molar-refractivity contribution >= 4 is 29.5 Å². The van der Waals surface area contributed by atoms with Crippen LogP contribution < -0.4 is 15.4 Å². The van der Waals surface area contributed by atoms with Gasteiger partial charge in [0, 0.05) is 12.1 Å². The fraction of sp³-hybridized carbons (Fsp3) is 0.292. The van der Waals surface area contributed by atoms with E-state index in [9.17, 15) is 14.4 Å². The average Bonchev–Trinajstić information content (AvgIpc) is 3.30. The van der Waals surface area contributed by atoms with Crippen molar-refractivity contribution in [2.75, 3.05) is 19.0 Å². The number of anilines is 1. The molecule has 2 N–H and O–H groups in total. The molecule has 0 bridgehead atoms. The van der Waals surface area contributed by atoms with E-state index in [4.69, 9.17) is 9.47 Å². The van der Waals surface area contributed by atoms with Gasteiger partial charge in [0.25, 0.3) is 5.91 Å². The number of hydrogen-bond acceptors (Lipinski definition) is 5. The summed E-state index contributed by atoms with van der Waals surface area (Å²) in [5, 5.41) is 5.55. The van der Waals surface area contributed by atoms with E-state index in [2.05, 4.69) is 10.6 Å². The van der Waals surface area contributed by atoms with Gasteiger partial charge in [-0.2, -0.15) is 0 Å². The maximum atomic E-state index is 12.4. The van der Waals surface area contributed by atoms with Gasteiger partial charge in [-0.15, -0.1) is 0 Å². The summed E-state index contributed by atoms with van der Waals surface area (Å²) in [5.41, 5.74) is 1.33. The minimum absolute atomic E-state index is 0.162. The predicted molar refractivity (Wildman–Crippen MR) is 118 cm³/mol. The van der Waals surface area contributed by atoms with E-state index in [0.717, 1.165) is 37.0 Å². The molecule has 0 atom stereocenters. The summed E-state index contributed by atoms with van der Waals surface area (Å²) in [6.45, 7) is -0.352. The molecule has 2 aromatic carbocycles. The second-order valence-corrected chi connectivity index (χ2v) is 7.27. The Labute approximate surface area is 181 Å². The number of benzene rings is 2. The van der Waals surface area contributed by atoms with E-state index in [1.165, 1.54) is 6.08 Å². The molecule has 0 aliphatic heterocycles. The number of carbonyl (C=O) groups excluding carboxylic acids is 3. The Morgan fingerprint density at radius 2 is 1.74 bits per heavy atom. The van der Waals surface area contributed by atoms with Gasteiger partial charge in [-0.3, -0.25) is 9.59 Å². The van der Waals surface area contributed by atoms with E-state index >= 15 is 0 Å². The summed E-state index contributed by atoms with van der Waals surface area (Å²) >= 11 is 0. The van der Waals surface area contributed by atoms with Crippen LogP contribution >= 0.6 is 0 Å². The zero-order chi connectivity index (χ0) is 22.1. The molecule has 1 aliphatic carbocycles. The SMILES string of the molecule is COc1ccc(/C=C/C(=O)Nc2ccccc2C(=O)OCC(=O)NC2CCCC2)cc1.